The number of benzene rings is 1. The molecule has 1 aliphatic carbocycles. The van der Waals surface area contributed by atoms with E-state index in [1.807, 2.05) is 0 Å². The van der Waals surface area contributed by atoms with Gasteiger partial charge < -0.3 is 14.7 Å². The Kier molecular flexibility index (Phi) is 4.98. The third kappa shape index (κ3) is 4.17. The van der Waals surface area contributed by atoms with Gasteiger partial charge in [0.15, 0.2) is 0 Å². The second-order valence-corrected chi connectivity index (χ2v) is 8.12. The largest absolute Gasteiger partial charge is 0.368 e. The minimum absolute atomic E-state index is 0.383. The summed E-state index contributed by atoms with van der Waals surface area (Å²) < 4.78 is 0. The summed E-state index contributed by atoms with van der Waals surface area (Å²) in [6.45, 7) is 8.21. The zero-order valence-electron chi connectivity index (χ0n) is 15.5. The lowest BCUT2D eigenvalue weighted by Crippen LogP contribution is -2.49. The molecule has 4 rings (SSSR count). The summed E-state index contributed by atoms with van der Waals surface area (Å²) >= 11 is 0. The molecule has 2 heterocycles. The van der Waals surface area contributed by atoms with E-state index in [2.05, 4.69) is 45.9 Å². The van der Waals surface area contributed by atoms with Gasteiger partial charge in [0.25, 0.3) is 0 Å². The number of rotatable bonds is 4. The normalized spacial score (nSPS) is 23.1. The number of piperazine rings is 1. The standard InChI is InChI=1S/C21H31N3O/c1-17-3-2-4-20(15-17)23-11-13-24(14-12-23)21(25)16-18-7-9-22(10-8-18)19-5-6-19/h2-4,15,18-19H,5-14,16H2,1H3. The van der Waals surface area contributed by atoms with Crippen molar-refractivity contribution < 1.29 is 4.79 Å². The maximum atomic E-state index is 12.7. The number of piperidine rings is 1. The zero-order chi connectivity index (χ0) is 17.2. The van der Waals surface area contributed by atoms with Gasteiger partial charge >= 0.3 is 0 Å². The average molecular weight is 341 g/mol. The molecule has 0 unspecified atom stereocenters. The number of carbonyl (C=O) groups is 1. The molecule has 4 nitrogen and oxygen atoms in total. The van der Waals surface area contributed by atoms with Crippen molar-refractivity contribution in [1.82, 2.24) is 9.80 Å². The first kappa shape index (κ1) is 16.9. The lowest BCUT2D eigenvalue weighted by Gasteiger charge is -2.37. The van der Waals surface area contributed by atoms with Gasteiger partial charge in [-0.3, -0.25) is 4.79 Å². The van der Waals surface area contributed by atoms with Crippen molar-refractivity contribution in [2.75, 3.05) is 44.2 Å². The number of hydrogen-bond acceptors (Lipinski definition) is 3. The average Bonchev–Trinajstić information content (AvgIpc) is 3.48. The van der Waals surface area contributed by atoms with E-state index in [4.69, 9.17) is 0 Å². The molecule has 136 valence electrons. The molecule has 25 heavy (non-hydrogen) atoms. The first-order valence-corrected chi connectivity index (χ1v) is 10.0. The highest BCUT2D eigenvalue weighted by Gasteiger charge is 2.33. The minimum Gasteiger partial charge on any atom is -0.368 e. The van der Waals surface area contributed by atoms with Crippen LogP contribution in [0.4, 0.5) is 5.69 Å². The Balaban J connectivity index is 1.23. The van der Waals surface area contributed by atoms with Gasteiger partial charge in [0.1, 0.15) is 0 Å². The second kappa shape index (κ2) is 7.36. The van der Waals surface area contributed by atoms with E-state index in [1.54, 1.807) is 0 Å². The number of anilines is 1. The summed E-state index contributed by atoms with van der Waals surface area (Å²) in [4.78, 5) is 19.8. The third-order valence-corrected chi connectivity index (χ3v) is 6.17. The van der Waals surface area contributed by atoms with Crippen LogP contribution in [0.3, 0.4) is 0 Å². The van der Waals surface area contributed by atoms with Gasteiger partial charge in [-0.1, -0.05) is 12.1 Å². The summed E-state index contributed by atoms with van der Waals surface area (Å²) in [5.41, 5.74) is 2.59. The molecule has 1 aromatic rings. The molecule has 0 radical (unpaired) electrons. The van der Waals surface area contributed by atoms with E-state index in [0.717, 1.165) is 38.6 Å². The van der Waals surface area contributed by atoms with Crippen LogP contribution < -0.4 is 4.90 Å². The zero-order valence-corrected chi connectivity index (χ0v) is 15.5. The van der Waals surface area contributed by atoms with E-state index >= 15 is 0 Å². The Labute approximate surface area is 151 Å². The van der Waals surface area contributed by atoms with Crippen molar-refractivity contribution >= 4 is 11.6 Å². The number of likely N-dealkylation sites (tertiary alicyclic amines) is 1. The molecule has 0 bridgehead atoms. The molecule has 0 atom stereocenters. The summed E-state index contributed by atoms with van der Waals surface area (Å²) in [5, 5.41) is 0. The fourth-order valence-corrected chi connectivity index (χ4v) is 4.38. The van der Waals surface area contributed by atoms with Crippen molar-refractivity contribution in [3.05, 3.63) is 29.8 Å². The molecule has 3 fully saturated rings. The van der Waals surface area contributed by atoms with Crippen molar-refractivity contribution in [3.63, 3.8) is 0 Å². The lowest BCUT2D eigenvalue weighted by atomic mass is 9.92. The highest BCUT2D eigenvalue weighted by Crippen LogP contribution is 2.32. The molecule has 1 saturated carbocycles. The van der Waals surface area contributed by atoms with Crippen LogP contribution in [0.25, 0.3) is 0 Å². The van der Waals surface area contributed by atoms with Crippen LogP contribution in [0, 0.1) is 12.8 Å². The van der Waals surface area contributed by atoms with E-state index in [1.165, 1.54) is 50.0 Å². The molecule has 1 aromatic carbocycles. The van der Waals surface area contributed by atoms with Crippen LogP contribution >= 0.6 is 0 Å². The highest BCUT2D eigenvalue weighted by molar-refractivity contribution is 5.76. The molecule has 0 N–H and O–H groups in total. The van der Waals surface area contributed by atoms with Gasteiger partial charge in [-0.25, -0.2) is 0 Å². The Morgan fingerprint density at radius 3 is 2.36 bits per heavy atom. The third-order valence-electron chi connectivity index (χ3n) is 6.17. The van der Waals surface area contributed by atoms with E-state index in [-0.39, 0.29) is 0 Å². The Hall–Kier alpha value is -1.55. The van der Waals surface area contributed by atoms with Crippen LogP contribution in [0.2, 0.25) is 0 Å². The first-order chi connectivity index (χ1) is 12.2. The molecule has 4 heteroatoms. The minimum atomic E-state index is 0.383. The predicted octanol–water partition coefficient (Wildman–Crippen LogP) is 2.91. The Morgan fingerprint density at radius 1 is 1.00 bits per heavy atom. The van der Waals surface area contributed by atoms with E-state index in [0.29, 0.717) is 11.8 Å². The van der Waals surface area contributed by atoms with Gasteiger partial charge in [-0.2, -0.15) is 0 Å². The van der Waals surface area contributed by atoms with Crippen LogP contribution in [-0.4, -0.2) is 61.0 Å². The van der Waals surface area contributed by atoms with E-state index < -0.39 is 0 Å². The number of hydrogen-bond donors (Lipinski definition) is 0. The van der Waals surface area contributed by atoms with Crippen LogP contribution in [-0.2, 0) is 4.79 Å². The van der Waals surface area contributed by atoms with Crippen LogP contribution in [0.15, 0.2) is 24.3 Å². The van der Waals surface area contributed by atoms with Crippen LogP contribution in [0.1, 0.15) is 37.7 Å². The van der Waals surface area contributed by atoms with Crippen molar-refractivity contribution in [3.8, 4) is 0 Å². The highest BCUT2D eigenvalue weighted by atomic mass is 16.2. The smallest absolute Gasteiger partial charge is 0.222 e. The summed E-state index contributed by atoms with van der Waals surface area (Å²) in [6, 6.07) is 9.56. The molecule has 0 spiro atoms. The summed E-state index contributed by atoms with van der Waals surface area (Å²) in [7, 11) is 0. The number of amides is 1. The van der Waals surface area contributed by atoms with Crippen molar-refractivity contribution in [2.24, 2.45) is 5.92 Å². The Morgan fingerprint density at radius 2 is 1.72 bits per heavy atom. The maximum absolute atomic E-state index is 12.7. The van der Waals surface area contributed by atoms with Crippen molar-refractivity contribution in [2.45, 2.75) is 45.1 Å². The molecule has 2 aliphatic heterocycles. The van der Waals surface area contributed by atoms with Gasteiger partial charge in [0.2, 0.25) is 5.91 Å². The van der Waals surface area contributed by atoms with Gasteiger partial charge in [-0.15, -0.1) is 0 Å². The lowest BCUT2D eigenvalue weighted by molar-refractivity contribution is -0.132. The second-order valence-electron chi connectivity index (χ2n) is 8.12. The number of carbonyl (C=O) groups excluding carboxylic acids is 1. The predicted molar refractivity (Wildman–Crippen MR) is 102 cm³/mol. The number of nitrogens with zero attached hydrogens (tertiary/aromatic N) is 3. The van der Waals surface area contributed by atoms with E-state index in [9.17, 15) is 4.79 Å². The first-order valence-electron chi connectivity index (χ1n) is 10.0. The fourth-order valence-electron chi connectivity index (χ4n) is 4.38. The fraction of sp³-hybridized carbons (Fsp3) is 0.667. The molecular weight excluding hydrogens is 310 g/mol. The maximum Gasteiger partial charge on any atom is 0.222 e. The Bertz CT molecular complexity index is 597. The van der Waals surface area contributed by atoms with Gasteiger partial charge in [0.05, 0.1) is 0 Å². The van der Waals surface area contributed by atoms with Gasteiger partial charge in [0, 0.05) is 44.3 Å². The number of aryl methyl sites for hydroxylation is 1. The topological polar surface area (TPSA) is 26.8 Å². The molecular formula is C21H31N3O. The van der Waals surface area contributed by atoms with Gasteiger partial charge in [-0.05, 0) is 69.3 Å². The quantitative estimate of drug-likeness (QED) is 0.842. The van der Waals surface area contributed by atoms with Crippen LogP contribution in [0.5, 0.6) is 0 Å². The molecule has 1 amide bonds. The summed E-state index contributed by atoms with van der Waals surface area (Å²) in [6.07, 6.45) is 5.99. The van der Waals surface area contributed by atoms with Crippen molar-refractivity contribution in [1.29, 1.82) is 0 Å². The summed E-state index contributed by atoms with van der Waals surface area (Å²) in [5.74, 6) is 0.992. The molecule has 0 aromatic heterocycles. The molecule has 2 saturated heterocycles. The molecule has 3 aliphatic rings. The SMILES string of the molecule is Cc1cccc(N2CCN(C(=O)CC3CCN(C4CC4)CC3)CC2)c1. The monoisotopic (exact) mass is 341 g/mol.